The number of nitrogens with one attached hydrogen (secondary N) is 2. The van der Waals surface area contributed by atoms with Crippen molar-refractivity contribution in [3.05, 3.63) is 48.4 Å². The molecule has 2 aromatic heterocycles. The van der Waals surface area contributed by atoms with Gasteiger partial charge in [0.25, 0.3) is 0 Å². The molecule has 3 rings (SSSR count). The average Bonchev–Trinajstić information content (AvgIpc) is 3.07. The number of rotatable bonds is 3. The minimum Gasteiger partial charge on any atom is -0.467 e. The topological polar surface area (TPSA) is 67.2 Å². The van der Waals surface area contributed by atoms with Crippen LogP contribution in [0.3, 0.4) is 0 Å². The van der Waals surface area contributed by atoms with Crippen LogP contribution in [-0.2, 0) is 0 Å². The number of hydrogen-bond acceptors (Lipinski definition) is 4. The molecule has 0 aliphatic heterocycles. The molecule has 0 radical (unpaired) electrons. The fraction of sp³-hybridized carbons (Fsp3) is 0.143. The van der Waals surface area contributed by atoms with Gasteiger partial charge in [-0.1, -0.05) is 23.5 Å². The molecule has 0 fully saturated rings. The maximum atomic E-state index is 11.9. The van der Waals surface area contributed by atoms with E-state index in [9.17, 15) is 4.79 Å². The number of carbonyl (C=O) groups is 1. The highest BCUT2D eigenvalue weighted by Gasteiger charge is 2.13. The molecule has 3 aromatic rings. The number of fused-ring (bicyclic) bond motifs is 1. The number of amides is 2. The molecule has 1 unspecified atom stereocenters. The lowest BCUT2D eigenvalue weighted by molar-refractivity contribution is 0.247. The number of aromatic nitrogens is 1. The third-order valence-corrected chi connectivity index (χ3v) is 3.78. The average molecular weight is 287 g/mol. The predicted octanol–water partition coefficient (Wildman–Crippen LogP) is 3.77. The van der Waals surface area contributed by atoms with Gasteiger partial charge in [-0.3, -0.25) is 5.32 Å². The summed E-state index contributed by atoms with van der Waals surface area (Å²) in [6.07, 6.45) is 1.58. The van der Waals surface area contributed by atoms with Gasteiger partial charge in [0.15, 0.2) is 5.13 Å². The number of thiazole rings is 1. The molecule has 2 amide bonds. The van der Waals surface area contributed by atoms with Crippen LogP contribution >= 0.6 is 11.3 Å². The Kier molecular flexibility index (Phi) is 3.39. The van der Waals surface area contributed by atoms with Crippen molar-refractivity contribution in [2.45, 2.75) is 13.0 Å². The molecule has 2 heterocycles. The molecular weight excluding hydrogens is 274 g/mol. The number of furan rings is 1. The Morgan fingerprint density at radius 2 is 2.15 bits per heavy atom. The fourth-order valence-corrected chi connectivity index (χ4v) is 2.73. The van der Waals surface area contributed by atoms with Gasteiger partial charge in [0.2, 0.25) is 0 Å². The van der Waals surface area contributed by atoms with E-state index in [1.165, 1.54) is 11.3 Å². The maximum absolute atomic E-state index is 11.9. The van der Waals surface area contributed by atoms with Crippen LogP contribution in [0.25, 0.3) is 10.2 Å². The van der Waals surface area contributed by atoms with E-state index in [1.54, 1.807) is 12.3 Å². The van der Waals surface area contributed by atoms with Gasteiger partial charge >= 0.3 is 6.03 Å². The molecule has 102 valence electrons. The number of anilines is 1. The molecule has 6 heteroatoms. The van der Waals surface area contributed by atoms with Crippen LogP contribution < -0.4 is 10.6 Å². The van der Waals surface area contributed by atoms with Gasteiger partial charge < -0.3 is 9.73 Å². The molecular formula is C14H13N3O2S. The summed E-state index contributed by atoms with van der Waals surface area (Å²) in [5, 5.41) is 6.12. The van der Waals surface area contributed by atoms with Crippen molar-refractivity contribution in [3.8, 4) is 0 Å². The van der Waals surface area contributed by atoms with Gasteiger partial charge in [0.05, 0.1) is 22.5 Å². The molecule has 5 nitrogen and oxygen atoms in total. The van der Waals surface area contributed by atoms with E-state index in [2.05, 4.69) is 15.6 Å². The Morgan fingerprint density at radius 1 is 1.30 bits per heavy atom. The highest BCUT2D eigenvalue weighted by atomic mass is 32.1. The first-order chi connectivity index (χ1) is 9.72. The van der Waals surface area contributed by atoms with Gasteiger partial charge in [-0.2, -0.15) is 0 Å². The molecule has 0 bridgehead atoms. The second-order valence-corrected chi connectivity index (χ2v) is 5.35. The normalized spacial score (nSPS) is 12.2. The van der Waals surface area contributed by atoms with E-state index in [-0.39, 0.29) is 12.1 Å². The number of hydrogen-bond donors (Lipinski definition) is 2. The summed E-state index contributed by atoms with van der Waals surface area (Å²) in [5.41, 5.74) is 0.881. The second-order valence-electron chi connectivity index (χ2n) is 4.32. The van der Waals surface area contributed by atoms with Gasteiger partial charge in [-0.05, 0) is 31.2 Å². The minimum absolute atomic E-state index is 0.195. The molecule has 1 aromatic carbocycles. The Hall–Kier alpha value is -2.34. The van der Waals surface area contributed by atoms with Gasteiger partial charge in [-0.25, -0.2) is 9.78 Å². The zero-order chi connectivity index (χ0) is 13.9. The zero-order valence-electron chi connectivity index (χ0n) is 10.8. The molecule has 1 atom stereocenters. The van der Waals surface area contributed by atoms with Crippen molar-refractivity contribution < 1.29 is 9.21 Å². The summed E-state index contributed by atoms with van der Waals surface area (Å²) in [6.45, 7) is 1.86. The molecule has 20 heavy (non-hydrogen) atoms. The van der Waals surface area contributed by atoms with E-state index >= 15 is 0 Å². The van der Waals surface area contributed by atoms with Crippen molar-refractivity contribution in [1.82, 2.24) is 10.3 Å². The molecule has 0 saturated carbocycles. The Morgan fingerprint density at radius 3 is 2.90 bits per heavy atom. The fourth-order valence-electron chi connectivity index (χ4n) is 1.86. The quantitative estimate of drug-likeness (QED) is 0.770. The van der Waals surface area contributed by atoms with Gasteiger partial charge in [-0.15, -0.1) is 0 Å². The second kappa shape index (κ2) is 5.34. The van der Waals surface area contributed by atoms with Crippen LogP contribution in [0.5, 0.6) is 0 Å². The first kappa shape index (κ1) is 12.7. The van der Waals surface area contributed by atoms with Crippen LogP contribution in [0.4, 0.5) is 9.93 Å². The Balaban J connectivity index is 1.66. The number of carbonyl (C=O) groups excluding carboxylic acids is 1. The van der Waals surface area contributed by atoms with E-state index in [4.69, 9.17) is 4.42 Å². The van der Waals surface area contributed by atoms with Crippen LogP contribution in [0, 0.1) is 0 Å². The van der Waals surface area contributed by atoms with Gasteiger partial charge in [0.1, 0.15) is 5.76 Å². The number of para-hydroxylation sites is 1. The highest BCUT2D eigenvalue weighted by molar-refractivity contribution is 7.22. The molecule has 0 saturated heterocycles. The Bertz CT molecular complexity index is 688. The van der Waals surface area contributed by atoms with Crippen LogP contribution in [-0.4, -0.2) is 11.0 Å². The van der Waals surface area contributed by atoms with Crippen LogP contribution in [0.15, 0.2) is 47.1 Å². The van der Waals surface area contributed by atoms with E-state index in [0.717, 1.165) is 10.2 Å². The first-order valence-electron chi connectivity index (χ1n) is 6.19. The minimum atomic E-state index is -0.298. The third kappa shape index (κ3) is 2.65. The molecule has 0 aliphatic rings. The summed E-state index contributed by atoms with van der Waals surface area (Å²) in [7, 11) is 0. The zero-order valence-corrected chi connectivity index (χ0v) is 11.6. The number of nitrogens with zero attached hydrogens (tertiary/aromatic N) is 1. The molecule has 2 N–H and O–H groups in total. The summed E-state index contributed by atoms with van der Waals surface area (Å²) in [6, 6.07) is 10.9. The van der Waals surface area contributed by atoms with Crippen molar-refractivity contribution >= 4 is 32.7 Å². The number of benzene rings is 1. The molecule has 0 spiro atoms. The van der Waals surface area contributed by atoms with Gasteiger partial charge in [0, 0.05) is 0 Å². The summed E-state index contributed by atoms with van der Waals surface area (Å²) < 4.78 is 6.28. The largest absolute Gasteiger partial charge is 0.467 e. The third-order valence-electron chi connectivity index (χ3n) is 2.83. The Labute approximate surface area is 119 Å². The SMILES string of the molecule is CC(NC(=O)Nc1nc2ccccc2s1)c1ccco1. The van der Waals surface area contributed by atoms with Crippen molar-refractivity contribution in [3.63, 3.8) is 0 Å². The monoisotopic (exact) mass is 287 g/mol. The van der Waals surface area contributed by atoms with E-state index in [0.29, 0.717) is 10.9 Å². The highest BCUT2D eigenvalue weighted by Crippen LogP contribution is 2.25. The van der Waals surface area contributed by atoms with E-state index in [1.807, 2.05) is 37.3 Å². The van der Waals surface area contributed by atoms with Crippen LogP contribution in [0.2, 0.25) is 0 Å². The summed E-state index contributed by atoms with van der Waals surface area (Å²) in [4.78, 5) is 16.2. The lowest BCUT2D eigenvalue weighted by atomic mass is 10.2. The lowest BCUT2D eigenvalue weighted by Crippen LogP contribution is -2.30. The lowest BCUT2D eigenvalue weighted by Gasteiger charge is -2.10. The summed E-state index contributed by atoms with van der Waals surface area (Å²) in [5.74, 6) is 0.712. The van der Waals surface area contributed by atoms with E-state index < -0.39 is 0 Å². The van der Waals surface area contributed by atoms with Crippen molar-refractivity contribution in [2.75, 3.05) is 5.32 Å². The number of urea groups is 1. The van der Waals surface area contributed by atoms with Crippen molar-refractivity contribution in [1.29, 1.82) is 0 Å². The standard InChI is InChI=1S/C14H13N3O2S/c1-9(11-6-4-8-19-11)15-13(18)17-14-16-10-5-2-3-7-12(10)20-14/h2-9H,1H3,(H2,15,16,17,18). The van der Waals surface area contributed by atoms with Crippen LogP contribution in [0.1, 0.15) is 18.7 Å². The smallest absolute Gasteiger partial charge is 0.321 e. The van der Waals surface area contributed by atoms with Crippen molar-refractivity contribution in [2.24, 2.45) is 0 Å². The maximum Gasteiger partial charge on any atom is 0.321 e. The molecule has 0 aliphatic carbocycles. The summed E-state index contributed by atoms with van der Waals surface area (Å²) >= 11 is 1.44. The first-order valence-corrected chi connectivity index (χ1v) is 7.00. The predicted molar refractivity (Wildman–Crippen MR) is 78.9 cm³/mol.